The first-order valence-electron chi connectivity index (χ1n) is 22.2. The third-order valence-corrected chi connectivity index (χ3v) is 18.4. The van der Waals surface area contributed by atoms with Gasteiger partial charge < -0.3 is 80.2 Å². The molecule has 23 atom stereocenters. The average molecular weight is 861 g/mol. The van der Waals surface area contributed by atoms with Crippen molar-refractivity contribution in [3.05, 3.63) is 0 Å². The van der Waals surface area contributed by atoms with E-state index in [1.54, 1.807) is 6.92 Å². The van der Waals surface area contributed by atoms with Gasteiger partial charge in [-0.3, -0.25) is 4.79 Å². The summed E-state index contributed by atoms with van der Waals surface area (Å²) in [7, 11) is 0. The molecule has 0 unspecified atom stereocenters. The third kappa shape index (κ3) is 6.61. The van der Waals surface area contributed by atoms with Crippen LogP contribution in [0.4, 0.5) is 0 Å². The van der Waals surface area contributed by atoms with E-state index in [1.165, 1.54) is 0 Å². The summed E-state index contributed by atoms with van der Waals surface area (Å²) in [6.45, 7) is 10.4. The Morgan fingerprint density at radius 2 is 1.32 bits per heavy atom. The maximum atomic E-state index is 14.3. The maximum Gasteiger partial charge on any atom is 0.317 e. The van der Waals surface area contributed by atoms with Crippen molar-refractivity contribution in [2.45, 2.75) is 185 Å². The largest absolute Gasteiger partial charge is 0.432 e. The Bertz CT molecular complexity index is 1570. The fourth-order valence-electron chi connectivity index (χ4n) is 14.5. The lowest BCUT2D eigenvalue weighted by Crippen LogP contribution is -2.65. The molecule has 12 N–H and O–H groups in total. The summed E-state index contributed by atoms with van der Waals surface area (Å²) >= 11 is 0. The highest BCUT2D eigenvalue weighted by molar-refractivity contribution is 5.78. The van der Waals surface area contributed by atoms with Crippen LogP contribution in [0.15, 0.2) is 0 Å². The quantitative estimate of drug-likeness (QED) is 0.101. The van der Waals surface area contributed by atoms with E-state index in [0.29, 0.717) is 38.5 Å². The van der Waals surface area contributed by atoms with Crippen LogP contribution in [0.25, 0.3) is 0 Å². The van der Waals surface area contributed by atoms with Gasteiger partial charge in [0.1, 0.15) is 48.8 Å². The van der Waals surface area contributed by atoms with Crippen LogP contribution in [0.3, 0.4) is 0 Å². The highest BCUT2D eigenvalue weighted by Gasteiger charge is 2.86. The highest BCUT2D eigenvalue weighted by atomic mass is 16.7. The zero-order chi connectivity index (χ0) is 44.3. The molecule has 2 spiro atoms. The smallest absolute Gasteiger partial charge is 0.317 e. The van der Waals surface area contributed by atoms with Gasteiger partial charge in [0.25, 0.3) is 0 Å². The minimum atomic E-state index is -1.80. The Kier molecular flexibility index (Phi) is 12.6. The number of esters is 1. The summed E-state index contributed by atoms with van der Waals surface area (Å²) in [5, 5.41) is 129. The topological polar surface area (TPSA) is 297 Å². The van der Waals surface area contributed by atoms with Crippen LogP contribution >= 0.6 is 0 Å². The molecule has 2 saturated heterocycles. The van der Waals surface area contributed by atoms with E-state index < -0.39 is 121 Å². The van der Waals surface area contributed by atoms with Crippen LogP contribution in [-0.2, 0) is 23.7 Å². The van der Waals surface area contributed by atoms with Gasteiger partial charge in [-0.15, -0.1) is 0 Å². The molecule has 0 amide bonds. The average Bonchev–Trinajstić information content (AvgIpc) is 3.84. The molecule has 0 aromatic heterocycles. The summed E-state index contributed by atoms with van der Waals surface area (Å²) < 4.78 is 22.5. The van der Waals surface area contributed by atoms with Crippen LogP contribution in [-0.4, -0.2) is 172 Å². The third-order valence-electron chi connectivity index (χ3n) is 18.4. The van der Waals surface area contributed by atoms with Crippen molar-refractivity contribution in [1.82, 2.24) is 0 Å². The molecule has 5 aliphatic carbocycles. The van der Waals surface area contributed by atoms with E-state index in [1.807, 2.05) is 13.8 Å². The number of hydrogen-bond donors (Lipinski definition) is 12. The van der Waals surface area contributed by atoms with Crippen molar-refractivity contribution in [2.75, 3.05) is 19.8 Å². The molecule has 0 radical (unpaired) electrons. The van der Waals surface area contributed by atoms with Crippen molar-refractivity contribution < 1.29 is 85.0 Å². The van der Waals surface area contributed by atoms with Crippen molar-refractivity contribution in [3.63, 3.8) is 0 Å². The van der Waals surface area contributed by atoms with E-state index in [0.717, 1.165) is 12.8 Å². The summed E-state index contributed by atoms with van der Waals surface area (Å²) in [6, 6.07) is 0. The van der Waals surface area contributed by atoms with Gasteiger partial charge in [-0.25, -0.2) is 0 Å². The molecule has 5 saturated carbocycles. The number of aliphatic hydroxyl groups is 12. The monoisotopic (exact) mass is 860 g/mol. The van der Waals surface area contributed by atoms with Gasteiger partial charge in [0.15, 0.2) is 6.29 Å². The van der Waals surface area contributed by atoms with E-state index in [2.05, 4.69) is 20.8 Å². The Labute approximate surface area is 351 Å². The lowest BCUT2D eigenvalue weighted by molar-refractivity contribution is -0.310. The summed E-state index contributed by atoms with van der Waals surface area (Å²) in [6.07, 6.45) is -13.7. The molecule has 60 heavy (non-hydrogen) atoms. The summed E-state index contributed by atoms with van der Waals surface area (Å²) in [5.74, 6) is -1.73. The van der Waals surface area contributed by atoms with E-state index in [4.69, 9.17) is 18.9 Å². The summed E-state index contributed by atoms with van der Waals surface area (Å²) in [4.78, 5) is 14.3. The van der Waals surface area contributed by atoms with E-state index in [9.17, 15) is 66.1 Å². The van der Waals surface area contributed by atoms with Crippen LogP contribution in [0, 0.1) is 56.7 Å². The van der Waals surface area contributed by atoms with Gasteiger partial charge in [-0.05, 0) is 104 Å². The SMILES string of the molecule is CC(C)[C@](O)(CC[C@@H](C)[C@H]1[C@H](O)C[C@@]2(C)[C@@H]3CC[C@@H]4[C@](C)(C(=O)O[C@@H]5O[C@H](CO)[C@@H](O)[C@H](O)[C@H]5O)[C@@H](O)C[C@H](O)[C@@]45C[C@@]35CC[C@]12C)CO[C@@H]1O[C@H](CO)[C@@H](O)[C@H](O)[C@H]1O. The number of fused-ring (bicyclic) bond motifs is 2. The zero-order valence-corrected chi connectivity index (χ0v) is 35.8. The standard InChI is InChI=1S/C43H72O17/c1-19(2)42(56,18-57-35-33(53)31(51)29(49)22(15-44)58-35)10-9-20(3)28-21(46)14-39(5)24-7-8-25-40(6,37(55)60-36-34(54)32(52)30(50)23(16-45)59-36)26(47)13-27(48)43(25)17-41(24,43)12-11-38(28,39)4/h19-36,44-54,56H,7-18H2,1-6H3/t20-,21-,22-,23-,24+,25-,26+,27+,28+,29-,30-,31+,32+,33-,34-,35-,36+,38-,39+,40+,41+,42+,43-/m1/s1. The number of rotatable bonds is 12. The van der Waals surface area contributed by atoms with Crippen molar-refractivity contribution in [1.29, 1.82) is 0 Å². The lowest BCUT2D eigenvalue weighted by Gasteiger charge is -2.63. The number of hydrogen-bond acceptors (Lipinski definition) is 17. The molecule has 2 aliphatic heterocycles. The molecule has 2 heterocycles. The predicted octanol–water partition coefficient (Wildman–Crippen LogP) is -1.33. The van der Waals surface area contributed by atoms with Crippen LogP contribution in [0.5, 0.6) is 0 Å². The zero-order valence-electron chi connectivity index (χ0n) is 35.8. The second-order valence-electron chi connectivity index (χ2n) is 21.1. The minimum Gasteiger partial charge on any atom is -0.432 e. The fourth-order valence-corrected chi connectivity index (χ4v) is 14.5. The number of aliphatic hydroxyl groups excluding tert-OH is 11. The van der Waals surface area contributed by atoms with Crippen molar-refractivity contribution in [3.8, 4) is 0 Å². The molecule has 7 aliphatic rings. The van der Waals surface area contributed by atoms with Gasteiger partial charge in [-0.1, -0.05) is 34.6 Å². The Morgan fingerprint density at radius 1 is 0.750 bits per heavy atom. The predicted molar refractivity (Wildman–Crippen MR) is 208 cm³/mol. The first-order chi connectivity index (χ1) is 27.9. The lowest BCUT2D eigenvalue weighted by atomic mass is 9.41. The second kappa shape index (κ2) is 16.1. The van der Waals surface area contributed by atoms with Crippen LogP contribution in [0.2, 0.25) is 0 Å². The van der Waals surface area contributed by atoms with Crippen LogP contribution < -0.4 is 0 Å². The molecule has 0 aromatic rings. The first-order valence-corrected chi connectivity index (χ1v) is 22.2. The van der Waals surface area contributed by atoms with E-state index >= 15 is 0 Å². The molecule has 0 bridgehead atoms. The molecule has 7 rings (SSSR count). The minimum absolute atomic E-state index is 0.0428. The van der Waals surface area contributed by atoms with Gasteiger partial charge in [0.05, 0.1) is 49.1 Å². The molecular weight excluding hydrogens is 788 g/mol. The molecule has 346 valence electrons. The van der Waals surface area contributed by atoms with Crippen molar-refractivity contribution in [2.24, 2.45) is 56.7 Å². The molecule has 17 nitrogen and oxygen atoms in total. The molecular formula is C43H72O17. The highest BCUT2D eigenvalue weighted by Crippen LogP contribution is 2.89. The number of carbonyl (C=O) groups excluding carboxylic acids is 1. The first kappa shape index (κ1) is 46.9. The van der Waals surface area contributed by atoms with E-state index in [-0.39, 0.29) is 52.9 Å². The summed E-state index contributed by atoms with van der Waals surface area (Å²) in [5.41, 5.74) is -4.67. The Hall–Kier alpha value is -1.13. The molecule has 7 fully saturated rings. The Morgan fingerprint density at radius 3 is 1.90 bits per heavy atom. The molecule has 0 aromatic carbocycles. The van der Waals surface area contributed by atoms with Gasteiger partial charge in [0, 0.05) is 11.8 Å². The van der Waals surface area contributed by atoms with Gasteiger partial charge in [-0.2, -0.15) is 0 Å². The van der Waals surface area contributed by atoms with Crippen LogP contribution in [0.1, 0.15) is 99.3 Å². The molecule has 17 heteroatoms. The normalized spacial score (nSPS) is 53.9. The maximum absolute atomic E-state index is 14.3. The number of ether oxygens (including phenoxy) is 4. The fraction of sp³-hybridized carbons (Fsp3) is 0.977. The Balaban J connectivity index is 1.07. The second-order valence-corrected chi connectivity index (χ2v) is 21.1. The van der Waals surface area contributed by atoms with Gasteiger partial charge >= 0.3 is 5.97 Å². The number of carbonyl (C=O) groups is 1. The van der Waals surface area contributed by atoms with Gasteiger partial charge in [0.2, 0.25) is 6.29 Å². The van der Waals surface area contributed by atoms with Crippen molar-refractivity contribution >= 4 is 5.97 Å².